The van der Waals surface area contributed by atoms with Crippen LogP contribution in [0.1, 0.15) is 29.7 Å². The van der Waals surface area contributed by atoms with Crippen molar-refractivity contribution in [3.05, 3.63) is 53.3 Å². The molecule has 3 rings (SSSR count). The molecule has 4 nitrogen and oxygen atoms in total. The van der Waals surface area contributed by atoms with E-state index in [1.54, 1.807) is 0 Å². The maximum Gasteiger partial charge on any atom is 0.0538 e. The van der Waals surface area contributed by atoms with Crippen LogP contribution >= 0.6 is 0 Å². The molecule has 4 heteroatoms. The highest BCUT2D eigenvalue weighted by molar-refractivity contribution is 5.29. The van der Waals surface area contributed by atoms with E-state index >= 15 is 0 Å². The zero-order chi connectivity index (χ0) is 13.9. The van der Waals surface area contributed by atoms with Crippen LogP contribution in [0.3, 0.4) is 0 Å². The zero-order valence-corrected chi connectivity index (χ0v) is 12.0. The molecule has 0 saturated carbocycles. The Balaban J connectivity index is 1.81. The molecule has 0 spiro atoms. The van der Waals surface area contributed by atoms with Crippen LogP contribution in [0, 0.1) is 0 Å². The molecule has 0 radical (unpaired) electrons. The molecule has 106 valence electrons. The molecular weight excluding hydrogens is 248 g/mol. The topological polar surface area (TPSA) is 47.1 Å². The van der Waals surface area contributed by atoms with Crippen LogP contribution in [0.15, 0.2) is 36.7 Å². The van der Waals surface area contributed by atoms with E-state index in [4.69, 9.17) is 5.73 Å². The van der Waals surface area contributed by atoms with Crippen LogP contribution in [-0.4, -0.2) is 27.8 Å². The Bertz CT molecular complexity index is 575. The first kappa shape index (κ1) is 13.3. The van der Waals surface area contributed by atoms with Gasteiger partial charge in [-0.15, -0.1) is 0 Å². The summed E-state index contributed by atoms with van der Waals surface area (Å²) in [4.78, 5) is 2.47. The van der Waals surface area contributed by atoms with Crippen molar-refractivity contribution in [1.29, 1.82) is 0 Å². The summed E-state index contributed by atoms with van der Waals surface area (Å²) in [5, 5.41) is 4.38. The summed E-state index contributed by atoms with van der Waals surface area (Å²) in [6.45, 7) is 5.69. The number of nitrogens with zero attached hydrogens (tertiary/aromatic N) is 3. The lowest BCUT2D eigenvalue weighted by Crippen LogP contribution is -2.37. The molecule has 1 aromatic carbocycles. The summed E-state index contributed by atoms with van der Waals surface area (Å²) in [5.74, 6) is 0. The van der Waals surface area contributed by atoms with Gasteiger partial charge in [-0.1, -0.05) is 24.3 Å². The van der Waals surface area contributed by atoms with Crippen molar-refractivity contribution >= 4 is 0 Å². The smallest absolute Gasteiger partial charge is 0.0538 e. The molecule has 0 amide bonds. The molecule has 1 unspecified atom stereocenters. The van der Waals surface area contributed by atoms with E-state index in [2.05, 4.69) is 47.4 Å². The molecule has 2 heterocycles. The van der Waals surface area contributed by atoms with Crippen LogP contribution in [0.4, 0.5) is 0 Å². The number of aromatic nitrogens is 2. The first-order chi connectivity index (χ1) is 9.81. The predicted octanol–water partition coefficient (Wildman–Crippen LogP) is 1.96. The quantitative estimate of drug-likeness (QED) is 0.924. The second-order valence-corrected chi connectivity index (χ2v) is 5.37. The second-order valence-electron chi connectivity index (χ2n) is 5.37. The molecule has 0 bridgehead atoms. The summed E-state index contributed by atoms with van der Waals surface area (Å²) >= 11 is 0. The van der Waals surface area contributed by atoms with Gasteiger partial charge in [-0.2, -0.15) is 5.10 Å². The van der Waals surface area contributed by atoms with Gasteiger partial charge >= 0.3 is 0 Å². The van der Waals surface area contributed by atoms with Gasteiger partial charge in [0.2, 0.25) is 0 Å². The minimum Gasteiger partial charge on any atom is -0.329 e. The molecule has 0 aliphatic carbocycles. The molecule has 2 aromatic rings. The van der Waals surface area contributed by atoms with E-state index in [0.29, 0.717) is 6.54 Å². The number of benzene rings is 1. The number of nitrogens with two attached hydrogens (primary N) is 1. The minimum absolute atomic E-state index is 0.267. The average molecular weight is 270 g/mol. The highest BCUT2D eigenvalue weighted by Gasteiger charge is 2.24. The monoisotopic (exact) mass is 270 g/mol. The van der Waals surface area contributed by atoms with Gasteiger partial charge in [0.15, 0.2) is 0 Å². The fraction of sp³-hybridized carbons (Fsp3) is 0.438. The standard InChI is InChI=1S/C16H22N4/c1-2-20-12-15(10-18-20)16(9-17)19-8-7-13-5-3-4-6-14(13)11-19/h3-6,10,12,16H,2,7-9,11,17H2,1H3. The van der Waals surface area contributed by atoms with Crippen LogP contribution < -0.4 is 5.73 Å². The van der Waals surface area contributed by atoms with Gasteiger partial charge < -0.3 is 5.73 Å². The number of fused-ring (bicyclic) bond motifs is 1. The third-order valence-electron chi connectivity index (χ3n) is 4.19. The zero-order valence-electron chi connectivity index (χ0n) is 12.0. The Hall–Kier alpha value is -1.65. The van der Waals surface area contributed by atoms with E-state index in [-0.39, 0.29) is 6.04 Å². The van der Waals surface area contributed by atoms with Crippen molar-refractivity contribution < 1.29 is 0 Å². The van der Waals surface area contributed by atoms with Crippen molar-refractivity contribution in [3.8, 4) is 0 Å². The third-order valence-corrected chi connectivity index (χ3v) is 4.19. The molecule has 1 aromatic heterocycles. The lowest BCUT2D eigenvalue weighted by Gasteiger charge is -2.34. The average Bonchev–Trinajstić information content (AvgIpc) is 2.97. The van der Waals surface area contributed by atoms with Gasteiger partial charge in [0.05, 0.1) is 12.2 Å². The predicted molar refractivity (Wildman–Crippen MR) is 80.3 cm³/mol. The van der Waals surface area contributed by atoms with Crippen molar-refractivity contribution in [1.82, 2.24) is 14.7 Å². The summed E-state index contributed by atoms with van der Waals surface area (Å²) < 4.78 is 1.97. The van der Waals surface area contributed by atoms with Gasteiger partial charge in [-0.3, -0.25) is 9.58 Å². The second kappa shape index (κ2) is 5.77. The van der Waals surface area contributed by atoms with Gasteiger partial charge in [0.1, 0.15) is 0 Å². The lowest BCUT2D eigenvalue weighted by atomic mass is 9.97. The number of hydrogen-bond acceptors (Lipinski definition) is 3. The van der Waals surface area contributed by atoms with Crippen molar-refractivity contribution in [2.75, 3.05) is 13.1 Å². The first-order valence-electron chi connectivity index (χ1n) is 7.35. The number of hydrogen-bond donors (Lipinski definition) is 1. The minimum atomic E-state index is 0.267. The Morgan fingerprint density at radius 2 is 2.10 bits per heavy atom. The van der Waals surface area contributed by atoms with E-state index in [1.807, 2.05) is 10.9 Å². The Morgan fingerprint density at radius 1 is 1.30 bits per heavy atom. The highest BCUT2D eigenvalue weighted by atomic mass is 15.3. The van der Waals surface area contributed by atoms with E-state index in [9.17, 15) is 0 Å². The van der Waals surface area contributed by atoms with Crippen molar-refractivity contribution in [3.63, 3.8) is 0 Å². The maximum absolute atomic E-state index is 6.03. The third kappa shape index (κ3) is 2.49. The molecule has 20 heavy (non-hydrogen) atoms. The van der Waals surface area contributed by atoms with Crippen LogP contribution in [0.2, 0.25) is 0 Å². The van der Waals surface area contributed by atoms with Crippen molar-refractivity contribution in [2.45, 2.75) is 32.5 Å². The molecule has 0 fully saturated rings. The molecule has 1 aliphatic rings. The van der Waals surface area contributed by atoms with Gasteiger partial charge in [-0.25, -0.2) is 0 Å². The SMILES string of the molecule is CCn1cc(C(CN)N2CCc3ccccc3C2)cn1. The van der Waals surface area contributed by atoms with Crippen LogP contribution in [0.25, 0.3) is 0 Å². The lowest BCUT2D eigenvalue weighted by molar-refractivity contribution is 0.183. The highest BCUT2D eigenvalue weighted by Crippen LogP contribution is 2.26. The van der Waals surface area contributed by atoms with Crippen LogP contribution in [-0.2, 0) is 19.5 Å². The fourth-order valence-corrected chi connectivity index (χ4v) is 3.00. The van der Waals surface area contributed by atoms with E-state index < -0.39 is 0 Å². The van der Waals surface area contributed by atoms with Crippen molar-refractivity contribution in [2.24, 2.45) is 5.73 Å². The molecule has 0 saturated heterocycles. The van der Waals surface area contributed by atoms with Crippen LogP contribution in [0.5, 0.6) is 0 Å². The molecule has 2 N–H and O–H groups in total. The first-order valence-corrected chi connectivity index (χ1v) is 7.35. The molecule has 1 atom stereocenters. The van der Waals surface area contributed by atoms with Gasteiger partial charge in [-0.05, 0) is 24.5 Å². The summed E-state index contributed by atoms with van der Waals surface area (Å²) in [5.41, 5.74) is 10.2. The molecule has 1 aliphatic heterocycles. The summed E-state index contributed by atoms with van der Waals surface area (Å²) in [6.07, 6.45) is 5.19. The summed E-state index contributed by atoms with van der Waals surface area (Å²) in [6, 6.07) is 8.97. The number of rotatable bonds is 4. The van der Waals surface area contributed by atoms with E-state index in [0.717, 1.165) is 26.1 Å². The maximum atomic E-state index is 6.03. The van der Waals surface area contributed by atoms with Gasteiger partial charge in [0, 0.05) is 37.9 Å². The summed E-state index contributed by atoms with van der Waals surface area (Å²) in [7, 11) is 0. The Kier molecular flexibility index (Phi) is 3.85. The fourth-order valence-electron chi connectivity index (χ4n) is 3.00. The Labute approximate surface area is 120 Å². The van der Waals surface area contributed by atoms with Gasteiger partial charge in [0.25, 0.3) is 0 Å². The molecular formula is C16H22N4. The largest absolute Gasteiger partial charge is 0.329 e. The normalized spacial score (nSPS) is 16.9. The number of aryl methyl sites for hydroxylation is 1. The Morgan fingerprint density at radius 3 is 2.80 bits per heavy atom. The van der Waals surface area contributed by atoms with E-state index in [1.165, 1.54) is 16.7 Å².